The fourth-order valence-corrected chi connectivity index (χ4v) is 11.7. The summed E-state index contributed by atoms with van der Waals surface area (Å²) in [4.78, 5) is 12.0. The molecule has 1 saturated heterocycles. The van der Waals surface area contributed by atoms with Gasteiger partial charge in [0.25, 0.3) is 0 Å². The van der Waals surface area contributed by atoms with Crippen LogP contribution in [0.15, 0.2) is 24.4 Å². The van der Waals surface area contributed by atoms with Gasteiger partial charge in [-0.3, -0.25) is 0 Å². The molecule has 1 aliphatic heterocycles. The maximum absolute atomic E-state index is 12.0. The summed E-state index contributed by atoms with van der Waals surface area (Å²) in [5.41, 5.74) is 8.55. The third-order valence-corrected chi connectivity index (χ3v) is 14.9. The first-order valence-electron chi connectivity index (χ1n) is 16.0. The fraction of sp³-hybridized carbons (Fsp3) is 0.618. The number of amides is 1. The van der Waals surface area contributed by atoms with Crippen molar-refractivity contribution in [1.82, 2.24) is 24.9 Å². The molecule has 240 valence electrons. The molecule has 1 atom stereocenters. The quantitative estimate of drug-likeness (QED) is 0.150. The highest BCUT2D eigenvalue weighted by atomic mass is 28.3. The lowest BCUT2D eigenvalue weighted by Gasteiger charge is -2.38. The van der Waals surface area contributed by atoms with Crippen molar-refractivity contribution in [1.29, 1.82) is 0 Å². The molecule has 1 aliphatic rings. The standard InChI is InChI=1S/C34H51N5O4Si/c1-23(2)44(24(3)4,25(5)6)20-16-29-27-21-26(14-15-30(27)39(37-29)31-13-11-12-18-41-31)28-22-36-38(10)32(28)42-19-17-35-33(40)43-34(7,8)9/h14-15,21-25,31H,11-13,17-19H2,1-10H3,(H,35,40). The molecule has 0 radical (unpaired) electrons. The minimum Gasteiger partial charge on any atom is -0.476 e. The van der Waals surface area contributed by atoms with Gasteiger partial charge in [-0.15, -0.1) is 5.54 Å². The summed E-state index contributed by atoms with van der Waals surface area (Å²) >= 11 is 0. The predicted molar refractivity (Wildman–Crippen MR) is 178 cm³/mol. The van der Waals surface area contributed by atoms with Crippen LogP contribution in [-0.2, 0) is 16.5 Å². The molecule has 1 unspecified atom stereocenters. The Morgan fingerprint density at radius 3 is 2.45 bits per heavy atom. The maximum Gasteiger partial charge on any atom is 0.407 e. The van der Waals surface area contributed by atoms with Crippen LogP contribution in [0, 0.1) is 11.5 Å². The van der Waals surface area contributed by atoms with Crippen molar-refractivity contribution in [3.63, 3.8) is 0 Å². The SMILES string of the molecule is CC(C)[Si](C#Cc1nn(C2CCCCO2)c2ccc(-c3cnn(C)c3OCCNC(=O)OC(C)(C)C)cc12)(C(C)C)C(C)C. The number of nitrogens with zero attached hydrogens (tertiary/aromatic N) is 4. The molecule has 1 N–H and O–H groups in total. The van der Waals surface area contributed by atoms with Gasteiger partial charge in [-0.2, -0.15) is 10.2 Å². The molecule has 0 aliphatic carbocycles. The number of nitrogens with one attached hydrogen (secondary N) is 1. The van der Waals surface area contributed by atoms with E-state index < -0.39 is 19.8 Å². The summed E-state index contributed by atoms with van der Waals surface area (Å²) in [6.07, 6.45) is 4.38. The average Bonchev–Trinajstić information content (AvgIpc) is 3.50. The zero-order valence-corrected chi connectivity index (χ0v) is 29.3. The van der Waals surface area contributed by atoms with Crippen molar-refractivity contribution in [3.8, 4) is 28.5 Å². The highest BCUT2D eigenvalue weighted by Gasteiger charge is 2.41. The molecular formula is C34H51N5O4Si. The van der Waals surface area contributed by atoms with Crippen molar-refractivity contribution in [2.24, 2.45) is 7.05 Å². The van der Waals surface area contributed by atoms with E-state index in [9.17, 15) is 4.79 Å². The summed E-state index contributed by atoms with van der Waals surface area (Å²) < 4.78 is 21.4. The fourth-order valence-electron chi connectivity index (χ4n) is 6.55. The number of ether oxygens (including phenoxy) is 3. The largest absolute Gasteiger partial charge is 0.476 e. The van der Waals surface area contributed by atoms with Crippen LogP contribution in [-0.4, -0.2) is 59.1 Å². The molecular weight excluding hydrogens is 570 g/mol. The van der Waals surface area contributed by atoms with Gasteiger partial charge in [0.05, 0.1) is 23.8 Å². The smallest absolute Gasteiger partial charge is 0.407 e. The lowest BCUT2D eigenvalue weighted by Crippen LogP contribution is -2.43. The van der Waals surface area contributed by atoms with Gasteiger partial charge in [-0.25, -0.2) is 14.2 Å². The van der Waals surface area contributed by atoms with Crippen molar-refractivity contribution in [3.05, 3.63) is 30.1 Å². The summed E-state index contributed by atoms with van der Waals surface area (Å²) in [7, 11) is -0.116. The van der Waals surface area contributed by atoms with E-state index in [4.69, 9.17) is 19.3 Å². The Morgan fingerprint density at radius 2 is 1.84 bits per heavy atom. The lowest BCUT2D eigenvalue weighted by molar-refractivity contribution is -0.0367. The van der Waals surface area contributed by atoms with E-state index in [0.29, 0.717) is 29.0 Å². The lowest BCUT2D eigenvalue weighted by atomic mass is 10.1. The maximum atomic E-state index is 12.0. The molecule has 2 aromatic heterocycles. The number of rotatable bonds is 9. The second kappa shape index (κ2) is 13.8. The van der Waals surface area contributed by atoms with Crippen molar-refractivity contribution in [2.45, 2.75) is 110 Å². The first-order chi connectivity index (χ1) is 20.7. The second-order valence-corrected chi connectivity index (χ2v) is 19.3. The topological polar surface area (TPSA) is 92.4 Å². The second-order valence-electron chi connectivity index (χ2n) is 13.8. The Labute approximate surface area is 264 Å². The van der Waals surface area contributed by atoms with Gasteiger partial charge in [-0.1, -0.05) is 53.5 Å². The van der Waals surface area contributed by atoms with Gasteiger partial charge in [0.2, 0.25) is 5.88 Å². The first-order valence-corrected chi connectivity index (χ1v) is 18.3. The minimum atomic E-state index is -1.97. The van der Waals surface area contributed by atoms with Crippen LogP contribution in [0.1, 0.15) is 93.5 Å². The normalized spacial score (nSPS) is 16.0. The molecule has 0 spiro atoms. The number of hydrogen-bond acceptors (Lipinski definition) is 6. The number of benzene rings is 1. The highest BCUT2D eigenvalue weighted by molar-refractivity contribution is 6.90. The number of aryl methyl sites for hydroxylation is 1. The van der Waals surface area contributed by atoms with E-state index in [1.54, 1.807) is 4.68 Å². The van der Waals surface area contributed by atoms with Crippen molar-refractivity contribution < 1.29 is 19.0 Å². The summed E-state index contributed by atoms with van der Waals surface area (Å²) in [5.74, 6) is 4.24. The van der Waals surface area contributed by atoms with Gasteiger partial charge in [0.1, 0.15) is 26.0 Å². The van der Waals surface area contributed by atoms with Crippen LogP contribution in [0.4, 0.5) is 4.79 Å². The number of fused-ring (bicyclic) bond motifs is 1. The Bertz CT molecular complexity index is 1480. The zero-order chi connectivity index (χ0) is 32.2. The van der Waals surface area contributed by atoms with E-state index in [2.05, 4.69) is 81.6 Å². The molecule has 0 saturated carbocycles. The molecule has 3 heterocycles. The Hall–Kier alpha value is -3.29. The number of carbonyl (C=O) groups excluding carboxylic acids is 1. The molecule has 10 heteroatoms. The predicted octanol–water partition coefficient (Wildman–Crippen LogP) is 7.61. The van der Waals surface area contributed by atoms with Crippen molar-refractivity contribution in [2.75, 3.05) is 19.8 Å². The van der Waals surface area contributed by atoms with Crippen LogP contribution in [0.25, 0.3) is 22.0 Å². The molecule has 9 nitrogen and oxygen atoms in total. The number of carbonyl (C=O) groups is 1. The Kier molecular flexibility index (Phi) is 10.5. The van der Waals surface area contributed by atoms with E-state index in [0.717, 1.165) is 53.6 Å². The summed E-state index contributed by atoms with van der Waals surface area (Å²) in [5, 5.41) is 13.3. The zero-order valence-electron chi connectivity index (χ0n) is 28.3. The van der Waals surface area contributed by atoms with E-state index in [1.807, 2.05) is 38.7 Å². The van der Waals surface area contributed by atoms with Gasteiger partial charge in [0, 0.05) is 19.0 Å². The molecule has 44 heavy (non-hydrogen) atoms. The summed E-state index contributed by atoms with van der Waals surface area (Å²) in [6, 6.07) is 6.34. The van der Waals surface area contributed by atoms with Crippen molar-refractivity contribution >= 4 is 25.1 Å². The molecule has 1 aromatic carbocycles. The van der Waals surface area contributed by atoms with Crippen LogP contribution in [0.3, 0.4) is 0 Å². The van der Waals surface area contributed by atoms with Gasteiger partial charge >= 0.3 is 6.09 Å². The van der Waals surface area contributed by atoms with Gasteiger partial charge in [-0.05, 0) is 74.4 Å². The molecule has 4 rings (SSSR count). The van der Waals surface area contributed by atoms with Gasteiger partial charge < -0.3 is 19.5 Å². The van der Waals surface area contributed by atoms with Gasteiger partial charge in [0.15, 0.2) is 6.23 Å². The van der Waals surface area contributed by atoms with E-state index >= 15 is 0 Å². The molecule has 3 aromatic rings. The monoisotopic (exact) mass is 621 g/mol. The Balaban J connectivity index is 1.70. The molecule has 1 amide bonds. The average molecular weight is 622 g/mol. The number of alkyl carbamates (subject to hydrolysis) is 1. The molecule has 0 bridgehead atoms. The van der Waals surface area contributed by atoms with Crippen LogP contribution in [0.2, 0.25) is 16.6 Å². The van der Waals surface area contributed by atoms with Crippen LogP contribution < -0.4 is 10.1 Å². The third kappa shape index (κ3) is 7.32. The Morgan fingerprint density at radius 1 is 1.14 bits per heavy atom. The third-order valence-electron chi connectivity index (χ3n) is 8.60. The molecule has 1 fully saturated rings. The van der Waals surface area contributed by atoms with Crippen LogP contribution in [0.5, 0.6) is 5.88 Å². The number of aromatic nitrogens is 4. The number of hydrogen-bond donors (Lipinski definition) is 1. The first kappa shape index (κ1) is 33.6. The minimum absolute atomic E-state index is 0.0929. The van der Waals surface area contributed by atoms with E-state index in [-0.39, 0.29) is 12.8 Å². The van der Waals surface area contributed by atoms with E-state index in [1.165, 1.54) is 0 Å². The summed E-state index contributed by atoms with van der Waals surface area (Å²) in [6.45, 7) is 20.8. The van der Waals surface area contributed by atoms with Crippen LogP contribution >= 0.6 is 0 Å². The highest BCUT2D eigenvalue weighted by Crippen LogP contribution is 2.41.